The Balaban J connectivity index is 1.74. The summed E-state index contributed by atoms with van der Waals surface area (Å²) in [5, 5.41) is 0.709. The van der Waals surface area contributed by atoms with Crippen molar-refractivity contribution in [1.29, 1.82) is 0 Å². The van der Waals surface area contributed by atoms with E-state index < -0.39 is 0 Å². The summed E-state index contributed by atoms with van der Waals surface area (Å²) in [5.74, 6) is 2.25. The third-order valence-electron chi connectivity index (χ3n) is 6.14. The molecule has 1 amide bonds. The number of carbonyl (C=O) groups is 1. The van der Waals surface area contributed by atoms with E-state index >= 15 is 0 Å². The van der Waals surface area contributed by atoms with E-state index in [1.165, 1.54) is 10.5 Å². The number of carbonyl (C=O) groups excluding carboxylic acids is 1. The van der Waals surface area contributed by atoms with Crippen LogP contribution in [0.3, 0.4) is 0 Å². The molecule has 2 aliphatic rings. The highest BCUT2D eigenvalue weighted by Gasteiger charge is 2.50. The number of hydrogen-bond donors (Lipinski definition) is 0. The van der Waals surface area contributed by atoms with Crippen molar-refractivity contribution in [2.24, 2.45) is 0 Å². The molecule has 0 aliphatic carbocycles. The summed E-state index contributed by atoms with van der Waals surface area (Å²) in [6, 6.07) is 14.1. The standard InChI is InChI=1S/C22H26ClN2O3/c1-14(27-22(26)24(2)3)25(4)12-18-16-7-5-6-8-20(16)28-21-10-9-15(23)11-17(21)19(18)13-25/h5-11,14,18-19H,12-13H2,1-4H3/q+1. The number of halogens is 1. The number of quaternary nitrogens is 1. The molecule has 2 aromatic carbocycles. The molecule has 28 heavy (non-hydrogen) atoms. The molecule has 4 unspecified atom stereocenters. The van der Waals surface area contributed by atoms with Crippen molar-refractivity contribution in [2.45, 2.75) is 25.0 Å². The highest BCUT2D eigenvalue weighted by Crippen LogP contribution is 2.52. The lowest BCUT2D eigenvalue weighted by atomic mass is 9.84. The average molecular weight is 402 g/mol. The second-order valence-corrected chi connectivity index (χ2v) is 8.69. The number of ether oxygens (including phenoxy) is 2. The molecule has 148 valence electrons. The Labute approximate surface area is 171 Å². The highest BCUT2D eigenvalue weighted by molar-refractivity contribution is 6.30. The van der Waals surface area contributed by atoms with Gasteiger partial charge in [0.2, 0.25) is 6.23 Å². The van der Waals surface area contributed by atoms with Gasteiger partial charge in [0.25, 0.3) is 0 Å². The van der Waals surface area contributed by atoms with Crippen LogP contribution in [0.2, 0.25) is 5.02 Å². The van der Waals surface area contributed by atoms with Gasteiger partial charge < -0.3 is 14.4 Å². The topological polar surface area (TPSA) is 38.8 Å². The van der Waals surface area contributed by atoms with Crippen LogP contribution in [0.25, 0.3) is 0 Å². The predicted octanol–water partition coefficient (Wildman–Crippen LogP) is 4.82. The van der Waals surface area contributed by atoms with Crippen molar-refractivity contribution in [3.05, 3.63) is 58.6 Å². The number of hydrogen-bond acceptors (Lipinski definition) is 3. The summed E-state index contributed by atoms with van der Waals surface area (Å²) in [5.41, 5.74) is 2.33. The molecule has 2 aliphatic heterocycles. The van der Waals surface area contributed by atoms with Gasteiger partial charge >= 0.3 is 6.09 Å². The van der Waals surface area contributed by atoms with Crippen molar-refractivity contribution in [1.82, 2.24) is 4.90 Å². The Kier molecular flexibility index (Phi) is 4.76. The van der Waals surface area contributed by atoms with Crippen molar-refractivity contribution in [3.8, 4) is 11.5 Å². The zero-order valence-corrected chi connectivity index (χ0v) is 17.4. The van der Waals surface area contributed by atoms with E-state index in [9.17, 15) is 4.79 Å². The first kappa shape index (κ1) is 19.1. The first-order chi connectivity index (χ1) is 13.3. The molecule has 4 rings (SSSR count). The van der Waals surface area contributed by atoms with E-state index in [0.29, 0.717) is 9.51 Å². The summed E-state index contributed by atoms with van der Waals surface area (Å²) < 4.78 is 12.6. The van der Waals surface area contributed by atoms with Crippen molar-refractivity contribution in [3.63, 3.8) is 0 Å². The molecule has 5 nitrogen and oxygen atoms in total. The summed E-state index contributed by atoms with van der Waals surface area (Å²) >= 11 is 6.33. The smallest absolute Gasteiger partial charge is 0.413 e. The maximum absolute atomic E-state index is 12.1. The summed E-state index contributed by atoms with van der Waals surface area (Å²) in [7, 11) is 5.57. The molecule has 0 bridgehead atoms. The monoisotopic (exact) mass is 401 g/mol. The van der Waals surface area contributed by atoms with Crippen LogP contribution in [0.4, 0.5) is 4.79 Å². The van der Waals surface area contributed by atoms with E-state index in [1.54, 1.807) is 14.1 Å². The van der Waals surface area contributed by atoms with E-state index in [2.05, 4.69) is 19.2 Å². The number of rotatable bonds is 2. The predicted molar refractivity (Wildman–Crippen MR) is 109 cm³/mol. The van der Waals surface area contributed by atoms with Crippen LogP contribution < -0.4 is 4.74 Å². The van der Waals surface area contributed by atoms with Crippen LogP contribution in [-0.4, -0.2) is 55.9 Å². The van der Waals surface area contributed by atoms with Gasteiger partial charge in [-0.25, -0.2) is 4.79 Å². The number of likely N-dealkylation sites (N-methyl/N-ethyl adjacent to an activating group) is 1. The quantitative estimate of drug-likeness (QED) is 0.677. The number of likely N-dealkylation sites (tertiary alicyclic amines) is 1. The molecule has 0 aromatic heterocycles. The van der Waals surface area contributed by atoms with Crippen LogP contribution in [0.15, 0.2) is 42.5 Å². The molecular formula is C22H26ClN2O3+. The maximum Gasteiger partial charge on any atom is 0.413 e. The zero-order chi connectivity index (χ0) is 20.1. The lowest BCUT2D eigenvalue weighted by Crippen LogP contribution is -2.52. The van der Waals surface area contributed by atoms with Crippen LogP contribution in [-0.2, 0) is 4.74 Å². The van der Waals surface area contributed by atoms with Gasteiger partial charge in [-0.1, -0.05) is 29.8 Å². The highest BCUT2D eigenvalue weighted by atomic mass is 35.5. The third kappa shape index (κ3) is 3.23. The van der Waals surface area contributed by atoms with Crippen molar-refractivity contribution >= 4 is 17.7 Å². The molecule has 4 atom stereocenters. The number of fused-ring (bicyclic) bond motifs is 5. The fraction of sp³-hybridized carbons (Fsp3) is 0.409. The minimum Gasteiger partial charge on any atom is -0.457 e. The SMILES string of the molecule is CC(OC(=O)N(C)C)[N+]1(C)CC2c3ccccc3Oc3ccc(Cl)cc3C2C1. The van der Waals surface area contributed by atoms with Crippen molar-refractivity contribution < 1.29 is 18.8 Å². The van der Waals surface area contributed by atoms with E-state index in [4.69, 9.17) is 21.1 Å². The van der Waals surface area contributed by atoms with Gasteiger partial charge in [-0.3, -0.25) is 4.48 Å². The molecular weight excluding hydrogens is 376 g/mol. The van der Waals surface area contributed by atoms with Crippen LogP contribution in [0, 0.1) is 0 Å². The third-order valence-corrected chi connectivity index (χ3v) is 6.37. The first-order valence-corrected chi connectivity index (χ1v) is 9.94. The molecule has 0 spiro atoms. The Morgan fingerprint density at radius 3 is 2.50 bits per heavy atom. The first-order valence-electron chi connectivity index (χ1n) is 9.57. The molecule has 6 heteroatoms. The lowest BCUT2D eigenvalue weighted by Gasteiger charge is -2.36. The Hall–Kier alpha value is -2.24. The molecule has 2 aromatic rings. The molecule has 0 N–H and O–H groups in total. The second-order valence-electron chi connectivity index (χ2n) is 8.26. The molecule has 1 fully saturated rings. The minimum absolute atomic E-state index is 0.239. The zero-order valence-electron chi connectivity index (χ0n) is 16.7. The van der Waals surface area contributed by atoms with Crippen LogP contribution >= 0.6 is 11.6 Å². The minimum atomic E-state index is -0.314. The normalized spacial score (nSPS) is 26.2. The number of benzene rings is 2. The Morgan fingerprint density at radius 2 is 1.79 bits per heavy atom. The summed E-state index contributed by atoms with van der Waals surface area (Å²) in [6.07, 6.45) is -0.566. The molecule has 0 saturated carbocycles. The van der Waals surface area contributed by atoms with Gasteiger partial charge in [0.15, 0.2) is 0 Å². The van der Waals surface area contributed by atoms with Gasteiger partial charge in [0.1, 0.15) is 11.5 Å². The number of para-hydroxylation sites is 1. The van der Waals surface area contributed by atoms with E-state index in [-0.39, 0.29) is 24.2 Å². The fourth-order valence-electron chi connectivity index (χ4n) is 4.43. The summed E-state index contributed by atoms with van der Waals surface area (Å²) in [4.78, 5) is 13.6. The lowest BCUT2D eigenvalue weighted by molar-refractivity contribution is -0.940. The largest absolute Gasteiger partial charge is 0.457 e. The van der Waals surface area contributed by atoms with E-state index in [1.807, 2.05) is 37.3 Å². The molecule has 2 heterocycles. The summed E-state index contributed by atoms with van der Waals surface area (Å²) in [6.45, 7) is 3.68. The van der Waals surface area contributed by atoms with Gasteiger partial charge in [0, 0.05) is 49.0 Å². The van der Waals surface area contributed by atoms with E-state index in [0.717, 1.165) is 30.2 Å². The van der Waals surface area contributed by atoms with Crippen LogP contribution in [0.1, 0.15) is 29.9 Å². The number of nitrogens with zero attached hydrogens (tertiary/aromatic N) is 2. The maximum atomic E-state index is 12.1. The fourth-order valence-corrected chi connectivity index (χ4v) is 4.61. The molecule has 0 radical (unpaired) electrons. The van der Waals surface area contributed by atoms with Gasteiger partial charge in [0.05, 0.1) is 20.1 Å². The molecule has 1 saturated heterocycles. The second kappa shape index (κ2) is 6.98. The van der Waals surface area contributed by atoms with Crippen molar-refractivity contribution in [2.75, 3.05) is 34.2 Å². The average Bonchev–Trinajstić information content (AvgIpc) is 2.97. The van der Waals surface area contributed by atoms with Gasteiger partial charge in [-0.15, -0.1) is 0 Å². The van der Waals surface area contributed by atoms with Gasteiger partial charge in [-0.2, -0.15) is 0 Å². The Morgan fingerprint density at radius 1 is 1.14 bits per heavy atom. The van der Waals surface area contributed by atoms with Crippen LogP contribution in [0.5, 0.6) is 11.5 Å². The number of amides is 1. The Bertz CT molecular complexity index is 916. The van der Waals surface area contributed by atoms with Gasteiger partial charge in [-0.05, 0) is 24.3 Å².